The average Bonchev–Trinajstić information content (AvgIpc) is 2.54. The predicted molar refractivity (Wildman–Crippen MR) is 92.1 cm³/mol. The van der Waals surface area contributed by atoms with Gasteiger partial charge in [-0.05, 0) is 38.7 Å². The zero-order valence-electron chi connectivity index (χ0n) is 13.1. The zero-order chi connectivity index (χ0) is 15.7. The maximum absolute atomic E-state index is 13.1. The Morgan fingerprint density at radius 1 is 1.05 bits per heavy atom. The van der Waals surface area contributed by atoms with Crippen LogP contribution < -0.4 is 4.90 Å². The number of nitrogens with zero attached hydrogens (tertiary/aromatic N) is 2. The molecule has 0 saturated carbocycles. The molecule has 0 N–H and O–H groups in total. The fraction of sp³-hybridized carbons (Fsp3) is 0.278. The van der Waals surface area contributed by atoms with Crippen molar-refractivity contribution in [1.29, 1.82) is 0 Å². The van der Waals surface area contributed by atoms with Crippen LogP contribution >= 0.6 is 11.8 Å². The van der Waals surface area contributed by atoms with Crippen molar-refractivity contribution >= 4 is 23.4 Å². The summed E-state index contributed by atoms with van der Waals surface area (Å²) in [4.78, 5) is 18.3. The molecule has 0 bridgehead atoms. The second kappa shape index (κ2) is 6.15. The summed E-state index contributed by atoms with van der Waals surface area (Å²) >= 11 is 1.64. The number of anilines is 1. The maximum Gasteiger partial charge on any atom is 0.246 e. The van der Waals surface area contributed by atoms with Gasteiger partial charge in [0.25, 0.3) is 0 Å². The van der Waals surface area contributed by atoms with E-state index in [1.165, 1.54) is 0 Å². The highest BCUT2D eigenvalue weighted by atomic mass is 32.2. The second-order valence-electron chi connectivity index (χ2n) is 5.68. The molecule has 1 amide bonds. The topological polar surface area (TPSA) is 23.6 Å². The third-order valence-corrected chi connectivity index (χ3v) is 5.36. The zero-order valence-corrected chi connectivity index (χ0v) is 13.9. The molecule has 2 atom stereocenters. The molecule has 0 aromatic heterocycles. The monoisotopic (exact) mass is 312 g/mol. The highest BCUT2D eigenvalue weighted by molar-refractivity contribution is 8.00. The number of benzene rings is 2. The molecule has 1 aliphatic heterocycles. The van der Waals surface area contributed by atoms with Gasteiger partial charge in [-0.3, -0.25) is 14.6 Å². The number of hydrogen-bond donors (Lipinski definition) is 0. The van der Waals surface area contributed by atoms with E-state index in [-0.39, 0.29) is 17.3 Å². The van der Waals surface area contributed by atoms with Crippen LogP contribution in [-0.2, 0) is 4.79 Å². The Labute approximate surface area is 135 Å². The van der Waals surface area contributed by atoms with E-state index in [1.807, 2.05) is 67.5 Å². The van der Waals surface area contributed by atoms with Crippen LogP contribution in [0.2, 0.25) is 0 Å². The van der Waals surface area contributed by atoms with E-state index < -0.39 is 0 Å². The molecule has 0 saturated heterocycles. The largest absolute Gasteiger partial charge is 0.294 e. The minimum Gasteiger partial charge on any atom is -0.294 e. The molecule has 0 radical (unpaired) electrons. The average molecular weight is 312 g/mol. The number of rotatable bonds is 3. The number of carbonyl (C=O) groups is 1. The fourth-order valence-electron chi connectivity index (χ4n) is 2.63. The van der Waals surface area contributed by atoms with Gasteiger partial charge in [0.1, 0.15) is 5.25 Å². The second-order valence-corrected chi connectivity index (χ2v) is 6.83. The Balaban J connectivity index is 2.07. The van der Waals surface area contributed by atoms with Gasteiger partial charge >= 0.3 is 0 Å². The van der Waals surface area contributed by atoms with Gasteiger partial charge in [-0.25, -0.2) is 0 Å². The minimum atomic E-state index is -0.182. The van der Waals surface area contributed by atoms with E-state index in [9.17, 15) is 4.79 Å². The Bertz CT molecular complexity index is 672. The Kier molecular flexibility index (Phi) is 4.23. The molecular formula is C18H20N2OS. The van der Waals surface area contributed by atoms with Crippen molar-refractivity contribution in [2.45, 2.75) is 23.2 Å². The van der Waals surface area contributed by atoms with Crippen LogP contribution in [0.5, 0.6) is 0 Å². The first kappa shape index (κ1) is 15.1. The Morgan fingerprint density at radius 3 is 2.36 bits per heavy atom. The summed E-state index contributed by atoms with van der Waals surface area (Å²) in [7, 11) is 4.00. The number of thioether (sulfide) groups is 1. The van der Waals surface area contributed by atoms with E-state index in [1.54, 1.807) is 11.8 Å². The van der Waals surface area contributed by atoms with Crippen LogP contribution in [0.15, 0.2) is 59.5 Å². The lowest BCUT2D eigenvalue weighted by molar-refractivity contribution is -0.119. The van der Waals surface area contributed by atoms with Gasteiger partial charge in [0.15, 0.2) is 0 Å². The Hall–Kier alpha value is -1.78. The van der Waals surface area contributed by atoms with Crippen molar-refractivity contribution in [1.82, 2.24) is 4.90 Å². The smallest absolute Gasteiger partial charge is 0.246 e. The first-order valence-corrected chi connectivity index (χ1v) is 8.27. The quantitative estimate of drug-likeness (QED) is 0.862. The first-order valence-electron chi connectivity index (χ1n) is 7.39. The molecule has 3 rings (SSSR count). The van der Waals surface area contributed by atoms with E-state index in [4.69, 9.17) is 0 Å². The summed E-state index contributed by atoms with van der Waals surface area (Å²) < 4.78 is 0. The van der Waals surface area contributed by atoms with Gasteiger partial charge < -0.3 is 0 Å². The van der Waals surface area contributed by atoms with Gasteiger partial charge in [0, 0.05) is 4.90 Å². The van der Waals surface area contributed by atoms with Gasteiger partial charge in [-0.2, -0.15) is 0 Å². The SMILES string of the molecule is CC(N(C)C)N1C(=O)C(c2ccccc2)Sc2ccccc21. The summed E-state index contributed by atoms with van der Waals surface area (Å²) in [6, 6.07) is 18.2. The van der Waals surface area contributed by atoms with Gasteiger partial charge in [-0.15, -0.1) is 11.8 Å². The van der Waals surface area contributed by atoms with Crippen molar-refractivity contribution in [2.75, 3.05) is 19.0 Å². The van der Waals surface area contributed by atoms with Gasteiger partial charge in [0.2, 0.25) is 5.91 Å². The van der Waals surface area contributed by atoms with E-state index in [0.29, 0.717) is 0 Å². The summed E-state index contributed by atoms with van der Waals surface area (Å²) in [6.45, 7) is 2.06. The van der Waals surface area contributed by atoms with E-state index in [2.05, 4.69) is 17.9 Å². The van der Waals surface area contributed by atoms with E-state index >= 15 is 0 Å². The third-order valence-electron chi connectivity index (χ3n) is 4.05. The Morgan fingerprint density at radius 2 is 1.68 bits per heavy atom. The van der Waals surface area contributed by atoms with Crippen molar-refractivity contribution in [3.05, 3.63) is 60.2 Å². The molecule has 114 valence electrons. The van der Waals surface area contributed by atoms with E-state index in [0.717, 1.165) is 16.1 Å². The molecule has 2 aromatic rings. The fourth-order valence-corrected chi connectivity index (χ4v) is 3.84. The van der Waals surface area contributed by atoms with Gasteiger partial charge in [-0.1, -0.05) is 42.5 Å². The molecule has 22 heavy (non-hydrogen) atoms. The maximum atomic E-state index is 13.1. The predicted octanol–water partition coefficient (Wildman–Crippen LogP) is 3.77. The van der Waals surface area contributed by atoms with Crippen LogP contribution in [0, 0.1) is 0 Å². The number of carbonyl (C=O) groups excluding carboxylic acids is 1. The lowest BCUT2D eigenvalue weighted by atomic mass is 10.1. The highest BCUT2D eigenvalue weighted by Gasteiger charge is 2.37. The van der Waals surface area contributed by atoms with Crippen LogP contribution in [-0.4, -0.2) is 31.1 Å². The summed E-state index contributed by atoms with van der Waals surface area (Å²) in [5, 5.41) is -0.182. The van der Waals surface area contributed by atoms with Crippen LogP contribution in [0.25, 0.3) is 0 Å². The molecule has 0 spiro atoms. The summed E-state index contributed by atoms with van der Waals surface area (Å²) in [5.74, 6) is 0.149. The van der Waals surface area contributed by atoms with Crippen molar-refractivity contribution in [3.8, 4) is 0 Å². The van der Waals surface area contributed by atoms with Crippen LogP contribution in [0.1, 0.15) is 17.7 Å². The number of fused-ring (bicyclic) bond motifs is 1. The summed E-state index contributed by atoms with van der Waals surface area (Å²) in [6.07, 6.45) is 0.0146. The molecule has 3 nitrogen and oxygen atoms in total. The number of amides is 1. The molecule has 0 aliphatic carbocycles. The molecule has 1 aliphatic rings. The molecule has 2 unspecified atom stereocenters. The summed E-state index contributed by atoms with van der Waals surface area (Å²) in [5.41, 5.74) is 2.06. The standard InChI is InChI=1S/C18H20N2OS/c1-13(19(2)3)20-15-11-7-8-12-16(15)22-17(18(20)21)14-9-5-4-6-10-14/h4-13,17H,1-3H3. The highest BCUT2D eigenvalue weighted by Crippen LogP contribution is 2.47. The minimum absolute atomic E-state index is 0.0146. The molecule has 0 fully saturated rings. The van der Waals surface area contributed by atoms with Gasteiger partial charge in [0.05, 0.1) is 11.9 Å². The molecule has 2 aromatic carbocycles. The number of para-hydroxylation sites is 1. The lowest BCUT2D eigenvalue weighted by Gasteiger charge is -2.40. The van der Waals surface area contributed by atoms with Crippen LogP contribution in [0.4, 0.5) is 5.69 Å². The lowest BCUT2D eigenvalue weighted by Crippen LogP contribution is -2.49. The normalized spacial score (nSPS) is 19.2. The first-order chi connectivity index (χ1) is 10.6. The van der Waals surface area contributed by atoms with Crippen molar-refractivity contribution in [3.63, 3.8) is 0 Å². The number of hydrogen-bond acceptors (Lipinski definition) is 3. The molecule has 4 heteroatoms. The van der Waals surface area contributed by atoms with Crippen LogP contribution in [0.3, 0.4) is 0 Å². The molecular weight excluding hydrogens is 292 g/mol. The van der Waals surface area contributed by atoms with Crippen molar-refractivity contribution < 1.29 is 4.79 Å². The van der Waals surface area contributed by atoms with Crippen molar-refractivity contribution in [2.24, 2.45) is 0 Å². The third kappa shape index (κ3) is 2.64. The molecule has 1 heterocycles.